The first-order chi connectivity index (χ1) is 8.85. The number of benzene rings is 1. The highest BCUT2D eigenvalue weighted by molar-refractivity contribution is 7.87. The van der Waals surface area contributed by atoms with Crippen molar-refractivity contribution in [1.82, 2.24) is 0 Å². The van der Waals surface area contributed by atoms with Crippen molar-refractivity contribution >= 4 is 10.1 Å². The van der Waals surface area contributed by atoms with E-state index in [1.807, 2.05) is 26.8 Å². The van der Waals surface area contributed by atoms with Gasteiger partial charge in [0, 0.05) is 7.11 Å². The van der Waals surface area contributed by atoms with Crippen LogP contribution in [0.4, 0.5) is 0 Å². The van der Waals surface area contributed by atoms with E-state index in [0.29, 0.717) is 5.75 Å². The first kappa shape index (κ1) is 15.8. The zero-order valence-electron chi connectivity index (χ0n) is 11.7. The lowest BCUT2D eigenvalue weighted by Crippen LogP contribution is -2.18. The van der Waals surface area contributed by atoms with E-state index in [2.05, 4.69) is 0 Å². The number of aryl methyl sites for hydroxylation is 1. The summed E-state index contributed by atoms with van der Waals surface area (Å²) in [6.45, 7) is 5.48. The predicted molar refractivity (Wildman–Crippen MR) is 72.9 cm³/mol. The van der Waals surface area contributed by atoms with Gasteiger partial charge in [0.2, 0.25) is 0 Å². The van der Waals surface area contributed by atoms with E-state index in [1.165, 1.54) is 7.11 Å². The molecule has 1 aromatic rings. The van der Waals surface area contributed by atoms with Crippen LogP contribution in [0.5, 0.6) is 11.5 Å². The second-order valence-electron chi connectivity index (χ2n) is 4.65. The van der Waals surface area contributed by atoms with Gasteiger partial charge in [-0.2, -0.15) is 8.42 Å². The lowest BCUT2D eigenvalue weighted by molar-refractivity contribution is 0.0494. The highest BCUT2D eigenvalue weighted by atomic mass is 32.2. The van der Waals surface area contributed by atoms with Crippen LogP contribution in [0, 0.1) is 12.8 Å². The Balaban J connectivity index is 2.97. The average Bonchev–Trinajstić information content (AvgIpc) is 2.26. The van der Waals surface area contributed by atoms with Crippen LogP contribution in [0.15, 0.2) is 18.2 Å². The van der Waals surface area contributed by atoms with Crippen molar-refractivity contribution in [3.05, 3.63) is 23.8 Å². The van der Waals surface area contributed by atoms with Gasteiger partial charge in [0.25, 0.3) is 0 Å². The average molecular weight is 288 g/mol. The lowest BCUT2D eigenvalue weighted by Gasteiger charge is -2.14. The van der Waals surface area contributed by atoms with Gasteiger partial charge in [0.05, 0.1) is 5.75 Å². The summed E-state index contributed by atoms with van der Waals surface area (Å²) in [6, 6.07) is 5.10. The molecule has 0 heterocycles. The predicted octanol–water partition coefficient (Wildman–Crippen LogP) is 2.34. The van der Waals surface area contributed by atoms with Gasteiger partial charge in [0.15, 0.2) is 18.3 Å². The summed E-state index contributed by atoms with van der Waals surface area (Å²) in [4.78, 5) is 0. The SMILES string of the molecule is COCOc1c(C)cccc1OS(=O)(=O)CC(C)C. The summed E-state index contributed by atoms with van der Waals surface area (Å²) >= 11 is 0. The van der Waals surface area contributed by atoms with Gasteiger partial charge in [-0.25, -0.2) is 0 Å². The van der Waals surface area contributed by atoms with Crippen molar-refractivity contribution < 1.29 is 22.1 Å². The van der Waals surface area contributed by atoms with E-state index in [1.54, 1.807) is 12.1 Å². The Morgan fingerprint density at radius 3 is 2.53 bits per heavy atom. The van der Waals surface area contributed by atoms with Gasteiger partial charge in [-0.1, -0.05) is 26.0 Å². The smallest absolute Gasteiger partial charge is 0.309 e. The minimum absolute atomic E-state index is 0.00171. The van der Waals surface area contributed by atoms with E-state index in [-0.39, 0.29) is 24.2 Å². The number of hydrogen-bond acceptors (Lipinski definition) is 5. The molecule has 1 aromatic carbocycles. The fraction of sp³-hybridized carbons (Fsp3) is 0.538. The number of rotatable bonds is 7. The summed E-state index contributed by atoms with van der Waals surface area (Å²) in [7, 11) is -2.12. The summed E-state index contributed by atoms with van der Waals surface area (Å²) in [6.07, 6.45) is 0. The normalized spacial score (nSPS) is 11.6. The highest BCUT2D eigenvalue weighted by Gasteiger charge is 2.18. The van der Waals surface area contributed by atoms with Crippen molar-refractivity contribution in [1.29, 1.82) is 0 Å². The fourth-order valence-corrected chi connectivity index (χ4v) is 2.86. The Morgan fingerprint density at radius 1 is 1.26 bits per heavy atom. The Bertz CT molecular complexity index is 508. The minimum Gasteiger partial charge on any atom is -0.463 e. The van der Waals surface area contributed by atoms with Crippen LogP contribution in [-0.4, -0.2) is 28.1 Å². The van der Waals surface area contributed by atoms with Crippen LogP contribution in [0.3, 0.4) is 0 Å². The van der Waals surface area contributed by atoms with Gasteiger partial charge in [0.1, 0.15) is 0 Å². The Hall–Kier alpha value is -1.27. The molecule has 0 aromatic heterocycles. The first-order valence-corrected chi connectivity index (χ1v) is 7.57. The van der Waals surface area contributed by atoms with Crippen molar-refractivity contribution in [3.8, 4) is 11.5 Å². The molecule has 0 radical (unpaired) electrons. The monoisotopic (exact) mass is 288 g/mol. The van der Waals surface area contributed by atoms with Gasteiger partial charge in [-0.05, 0) is 24.5 Å². The molecule has 0 fully saturated rings. The summed E-state index contributed by atoms with van der Waals surface area (Å²) in [5.41, 5.74) is 0.786. The Morgan fingerprint density at radius 2 is 1.95 bits per heavy atom. The molecule has 19 heavy (non-hydrogen) atoms. The topological polar surface area (TPSA) is 61.8 Å². The number of hydrogen-bond donors (Lipinski definition) is 0. The molecular weight excluding hydrogens is 268 g/mol. The van der Waals surface area contributed by atoms with Crippen LogP contribution in [0.1, 0.15) is 19.4 Å². The molecule has 0 spiro atoms. The number of methoxy groups -OCH3 is 1. The summed E-state index contributed by atoms with van der Waals surface area (Å²) in [5, 5.41) is 0. The maximum Gasteiger partial charge on any atom is 0.309 e. The molecule has 1 rings (SSSR count). The van der Waals surface area contributed by atoms with Crippen LogP contribution < -0.4 is 8.92 Å². The third-order valence-corrected chi connectivity index (χ3v) is 3.76. The largest absolute Gasteiger partial charge is 0.463 e. The van der Waals surface area contributed by atoms with Crippen LogP contribution >= 0.6 is 0 Å². The molecule has 0 saturated carbocycles. The molecule has 0 N–H and O–H groups in total. The summed E-state index contributed by atoms with van der Waals surface area (Å²) in [5.74, 6) is 0.539. The molecule has 0 bridgehead atoms. The van der Waals surface area contributed by atoms with Crippen LogP contribution in [-0.2, 0) is 14.9 Å². The first-order valence-electron chi connectivity index (χ1n) is 5.99. The number of ether oxygens (including phenoxy) is 2. The highest BCUT2D eigenvalue weighted by Crippen LogP contribution is 2.32. The quantitative estimate of drug-likeness (QED) is 0.569. The second kappa shape index (κ2) is 6.77. The van der Waals surface area contributed by atoms with Crippen LogP contribution in [0.25, 0.3) is 0 Å². The fourth-order valence-electron chi connectivity index (χ4n) is 1.57. The van der Waals surface area contributed by atoms with E-state index in [9.17, 15) is 8.42 Å². The van der Waals surface area contributed by atoms with Crippen LogP contribution in [0.2, 0.25) is 0 Å². The molecule has 0 aliphatic heterocycles. The maximum atomic E-state index is 11.8. The molecule has 6 heteroatoms. The van der Waals surface area contributed by atoms with Gasteiger partial charge in [-0.15, -0.1) is 0 Å². The van der Waals surface area contributed by atoms with Crippen molar-refractivity contribution in [2.75, 3.05) is 19.7 Å². The zero-order valence-corrected chi connectivity index (χ0v) is 12.5. The molecule has 0 aliphatic rings. The molecule has 0 saturated heterocycles. The molecule has 0 amide bonds. The molecule has 108 valence electrons. The minimum atomic E-state index is -3.62. The number of para-hydroxylation sites is 1. The zero-order chi connectivity index (χ0) is 14.5. The standard InChI is InChI=1S/C13H20O5S/c1-10(2)8-19(14,15)18-12-7-5-6-11(3)13(12)17-9-16-4/h5-7,10H,8-9H2,1-4H3. The molecular formula is C13H20O5S. The van der Waals surface area contributed by atoms with Gasteiger partial charge < -0.3 is 13.7 Å². The Kier molecular flexibility index (Phi) is 5.62. The van der Waals surface area contributed by atoms with E-state index >= 15 is 0 Å². The Labute approximate surface area is 114 Å². The molecule has 0 unspecified atom stereocenters. The van der Waals surface area contributed by atoms with E-state index in [0.717, 1.165) is 5.56 Å². The summed E-state index contributed by atoms with van der Waals surface area (Å²) < 4.78 is 39.0. The van der Waals surface area contributed by atoms with E-state index < -0.39 is 10.1 Å². The third-order valence-electron chi connectivity index (χ3n) is 2.25. The lowest BCUT2D eigenvalue weighted by atomic mass is 10.2. The van der Waals surface area contributed by atoms with E-state index in [4.69, 9.17) is 13.7 Å². The molecule has 5 nitrogen and oxygen atoms in total. The van der Waals surface area contributed by atoms with Crippen molar-refractivity contribution in [2.45, 2.75) is 20.8 Å². The third kappa shape index (κ3) is 5.08. The van der Waals surface area contributed by atoms with Gasteiger partial charge >= 0.3 is 10.1 Å². The molecule has 0 aliphatic carbocycles. The van der Waals surface area contributed by atoms with Crippen molar-refractivity contribution in [3.63, 3.8) is 0 Å². The van der Waals surface area contributed by atoms with Crippen molar-refractivity contribution in [2.24, 2.45) is 5.92 Å². The molecule has 0 atom stereocenters. The second-order valence-corrected chi connectivity index (χ2v) is 6.27. The maximum absolute atomic E-state index is 11.8. The van der Waals surface area contributed by atoms with Gasteiger partial charge in [-0.3, -0.25) is 0 Å².